The van der Waals surface area contributed by atoms with E-state index in [1.54, 1.807) is 21.0 Å². The van der Waals surface area contributed by atoms with Gasteiger partial charge in [-0.2, -0.15) is 5.10 Å². The predicted molar refractivity (Wildman–Crippen MR) is 103 cm³/mol. The first-order valence-electron chi connectivity index (χ1n) is 8.49. The fraction of sp³-hybridized carbons (Fsp3) is 0.250. The molecule has 11 nitrogen and oxygen atoms in total. The lowest BCUT2D eigenvalue weighted by atomic mass is 10.1. The molecule has 1 aromatic carbocycles. The van der Waals surface area contributed by atoms with Gasteiger partial charge < -0.3 is 10.1 Å². The van der Waals surface area contributed by atoms with Crippen molar-refractivity contribution in [3.63, 3.8) is 0 Å². The van der Waals surface area contributed by atoms with E-state index in [9.17, 15) is 22.8 Å². The van der Waals surface area contributed by atoms with Gasteiger partial charge in [0.05, 0.1) is 21.8 Å². The molecule has 1 aromatic heterocycles. The fourth-order valence-electron chi connectivity index (χ4n) is 2.62. The molecular formula is C16H16ClF3N8O3. The zero-order chi connectivity index (χ0) is 22.9. The maximum atomic E-state index is 12.8. The van der Waals surface area contributed by atoms with Crippen molar-refractivity contribution in [2.75, 3.05) is 12.4 Å². The number of alkyl halides is 3. The number of aryl methyl sites for hydroxylation is 2. The van der Waals surface area contributed by atoms with Crippen LogP contribution in [-0.4, -0.2) is 46.0 Å². The summed E-state index contributed by atoms with van der Waals surface area (Å²) in [7, 11) is 3.12. The van der Waals surface area contributed by atoms with Gasteiger partial charge in [0.1, 0.15) is 5.69 Å². The van der Waals surface area contributed by atoms with Crippen LogP contribution in [0.3, 0.4) is 0 Å². The van der Waals surface area contributed by atoms with Crippen molar-refractivity contribution in [3.05, 3.63) is 40.2 Å². The summed E-state index contributed by atoms with van der Waals surface area (Å²) in [5, 5.41) is 13.3. The Morgan fingerprint density at radius 2 is 1.84 bits per heavy atom. The molecular weight excluding hydrogens is 445 g/mol. The van der Waals surface area contributed by atoms with E-state index in [0.29, 0.717) is 5.69 Å². The van der Waals surface area contributed by atoms with Gasteiger partial charge in [0.15, 0.2) is 5.75 Å². The molecule has 166 valence electrons. The molecule has 1 aliphatic rings. The normalized spacial score (nSPS) is 13.5. The van der Waals surface area contributed by atoms with Gasteiger partial charge in [-0.1, -0.05) is 11.6 Å². The van der Waals surface area contributed by atoms with Crippen LogP contribution >= 0.6 is 11.6 Å². The van der Waals surface area contributed by atoms with E-state index in [2.05, 4.69) is 36.6 Å². The highest BCUT2D eigenvalue weighted by Gasteiger charge is 2.34. The SMILES string of the molecule is Cc1nn(C)cc1C(=O)Nc1c(OC(F)(F)F)ccc(C(=O)NC2=NNNN2C)c1Cl. The maximum Gasteiger partial charge on any atom is 0.573 e. The highest BCUT2D eigenvalue weighted by Crippen LogP contribution is 2.38. The molecule has 1 aliphatic heterocycles. The molecule has 3 rings (SSSR count). The molecule has 0 bridgehead atoms. The first-order valence-corrected chi connectivity index (χ1v) is 8.87. The summed E-state index contributed by atoms with van der Waals surface area (Å²) >= 11 is 6.21. The van der Waals surface area contributed by atoms with Crippen LogP contribution in [0.2, 0.25) is 5.02 Å². The van der Waals surface area contributed by atoms with E-state index < -0.39 is 34.6 Å². The van der Waals surface area contributed by atoms with Crippen molar-refractivity contribution in [1.29, 1.82) is 0 Å². The van der Waals surface area contributed by atoms with Gasteiger partial charge in [-0.15, -0.1) is 23.8 Å². The molecule has 4 N–H and O–H groups in total. The molecule has 0 unspecified atom stereocenters. The molecule has 0 spiro atoms. The summed E-state index contributed by atoms with van der Waals surface area (Å²) < 4.78 is 43.9. The topological polar surface area (TPSA) is 125 Å². The second kappa shape index (κ2) is 8.31. The molecule has 31 heavy (non-hydrogen) atoms. The Bertz CT molecular complexity index is 1070. The average Bonchev–Trinajstić information content (AvgIpc) is 3.21. The molecule has 0 radical (unpaired) electrons. The van der Waals surface area contributed by atoms with Crippen LogP contribution in [0.5, 0.6) is 5.75 Å². The molecule has 0 saturated heterocycles. The van der Waals surface area contributed by atoms with Gasteiger partial charge in [-0.3, -0.25) is 24.6 Å². The predicted octanol–water partition coefficient (Wildman–Crippen LogP) is 1.49. The number of halogens is 4. The maximum absolute atomic E-state index is 12.8. The van der Waals surface area contributed by atoms with Crippen molar-refractivity contribution in [2.24, 2.45) is 12.1 Å². The zero-order valence-corrected chi connectivity index (χ0v) is 17.0. The van der Waals surface area contributed by atoms with Crippen LogP contribution in [0.4, 0.5) is 18.9 Å². The Morgan fingerprint density at radius 1 is 1.16 bits per heavy atom. The molecule has 0 saturated carbocycles. The smallest absolute Gasteiger partial charge is 0.404 e. The van der Waals surface area contributed by atoms with E-state index >= 15 is 0 Å². The van der Waals surface area contributed by atoms with Gasteiger partial charge in [0.25, 0.3) is 11.8 Å². The Kier molecular flexibility index (Phi) is 5.94. The van der Waals surface area contributed by atoms with E-state index in [4.69, 9.17) is 11.6 Å². The van der Waals surface area contributed by atoms with Gasteiger partial charge in [-0.05, 0) is 19.1 Å². The third-order valence-corrected chi connectivity index (χ3v) is 4.39. The molecule has 2 aromatic rings. The summed E-state index contributed by atoms with van der Waals surface area (Å²) in [6, 6.07) is 1.90. The van der Waals surface area contributed by atoms with Crippen LogP contribution < -0.4 is 26.4 Å². The minimum atomic E-state index is -5.06. The first-order chi connectivity index (χ1) is 14.5. The minimum absolute atomic E-state index is 0.0771. The van der Waals surface area contributed by atoms with Crippen molar-refractivity contribution < 1.29 is 27.5 Å². The van der Waals surface area contributed by atoms with Gasteiger partial charge in [-0.25, -0.2) is 5.53 Å². The number of hydrogen-bond donors (Lipinski definition) is 4. The lowest BCUT2D eigenvalue weighted by Crippen LogP contribution is -2.45. The number of guanidine groups is 1. The van der Waals surface area contributed by atoms with Crippen LogP contribution in [-0.2, 0) is 7.05 Å². The quantitative estimate of drug-likeness (QED) is 0.544. The fourth-order valence-corrected chi connectivity index (χ4v) is 2.91. The number of carbonyl (C=O) groups excluding carboxylic acids is 2. The van der Waals surface area contributed by atoms with Crippen molar-refractivity contribution in [2.45, 2.75) is 13.3 Å². The van der Waals surface area contributed by atoms with Crippen LogP contribution in [0, 0.1) is 6.92 Å². The van der Waals surface area contributed by atoms with Crippen molar-refractivity contribution >= 4 is 35.1 Å². The Hall–Kier alpha value is -3.52. The molecule has 0 fully saturated rings. The number of amides is 2. The number of aromatic nitrogens is 2. The largest absolute Gasteiger partial charge is 0.573 e. The number of rotatable bonds is 4. The summed E-state index contributed by atoms with van der Waals surface area (Å²) in [5.41, 5.74) is 4.64. The molecule has 2 heterocycles. The average molecular weight is 461 g/mol. The summed E-state index contributed by atoms with van der Waals surface area (Å²) in [6.07, 6.45) is -3.68. The number of nitrogens with one attached hydrogen (secondary N) is 4. The summed E-state index contributed by atoms with van der Waals surface area (Å²) in [6.45, 7) is 1.55. The number of hydrazine groups is 2. The lowest BCUT2D eigenvalue weighted by Gasteiger charge is -2.18. The van der Waals surface area contributed by atoms with E-state index in [0.717, 1.165) is 12.1 Å². The minimum Gasteiger partial charge on any atom is -0.404 e. The number of carbonyl (C=O) groups is 2. The molecule has 0 atom stereocenters. The van der Waals surface area contributed by atoms with E-state index in [1.807, 2.05) is 0 Å². The third-order valence-electron chi connectivity index (χ3n) is 3.99. The number of ether oxygens (including phenoxy) is 1. The second-order valence-corrected chi connectivity index (χ2v) is 6.65. The van der Waals surface area contributed by atoms with Crippen molar-refractivity contribution in [3.8, 4) is 5.75 Å². The number of benzene rings is 1. The highest BCUT2D eigenvalue weighted by atomic mass is 35.5. The Morgan fingerprint density at radius 3 is 2.39 bits per heavy atom. The number of hydrazone groups is 1. The second-order valence-electron chi connectivity index (χ2n) is 6.28. The summed E-state index contributed by atoms with van der Waals surface area (Å²) in [4.78, 5) is 25.2. The van der Waals surface area contributed by atoms with Crippen LogP contribution in [0.25, 0.3) is 0 Å². The number of anilines is 1. The van der Waals surface area contributed by atoms with Crippen LogP contribution in [0.1, 0.15) is 26.4 Å². The zero-order valence-electron chi connectivity index (χ0n) is 16.3. The number of nitrogens with zero attached hydrogens (tertiary/aromatic N) is 4. The van der Waals surface area contributed by atoms with Crippen molar-refractivity contribution in [1.82, 2.24) is 31.2 Å². The molecule has 15 heteroatoms. The Labute approximate surface area is 178 Å². The molecule has 0 aliphatic carbocycles. The lowest BCUT2D eigenvalue weighted by molar-refractivity contribution is -0.274. The monoisotopic (exact) mass is 460 g/mol. The van der Waals surface area contributed by atoms with Gasteiger partial charge >= 0.3 is 6.36 Å². The van der Waals surface area contributed by atoms with Crippen LogP contribution in [0.15, 0.2) is 23.4 Å². The number of hydrogen-bond acceptors (Lipinski definition) is 8. The Balaban J connectivity index is 1.97. The van der Waals surface area contributed by atoms with E-state index in [1.165, 1.54) is 15.9 Å². The highest BCUT2D eigenvalue weighted by molar-refractivity contribution is 6.37. The third kappa shape index (κ3) is 4.97. The van der Waals surface area contributed by atoms with E-state index in [-0.39, 0.29) is 17.1 Å². The first kappa shape index (κ1) is 22.2. The van der Waals surface area contributed by atoms with Gasteiger partial charge in [0, 0.05) is 20.3 Å². The summed E-state index contributed by atoms with van der Waals surface area (Å²) in [5.74, 6) is -2.28. The molecule has 2 amide bonds. The standard InChI is InChI=1S/C16H16ClF3N8O3/c1-7-9(6-27(2)24-7)14(30)21-12-10(31-16(18,19)20)5-4-8(11(12)17)13(29)22-15-23-25-26-28(15)3/h4-6,25-26H,1-3H3,(H,21,30)(H,22,23,29). The van der Waals surface area contributed by atoms with Gasteiger partial charge in [0.2, 0.25) is 5.96 Å².